The van der Waals surface area contributed by atoms with Crippen molar-refractivity contribution in [3.63, 3.8) is 0 Å². The van der Waals surface area contributed by atoms with Gasteiger partial charge in [0, 0.05) is 16.9 Å². The van der Waals surface area contributed by atoms with Crippen LogP contribution in [-0.4, -0.2) is 17.6 Å². The highest BCUT2D eigenvalue weighted by Crippen LogP contribution is 2.53. The topological polar surface area (TPSA) is 49.4 Å². The first kappa shape index (κ1) is 14.3. The van der Waals surface area contributed by atoms with Gasteiger partial charge in [0.2, 0.25) is 10.8 Å². The Labute approximate surface area is 138 Å². The van der Waals surface area contributed by atoms with Gasteiger partial charge in [-0.05, 0) is 43.2 Å². The minimum atomic E-state index is -0.992. The molecular weight excluding hydrogens is 308 g/mol. The SMILES string of the molecule is Cc1cc(C)cc(N2C(=O)CS[C@]23C(=O)Nc2ccccc23)c1. The number of rotatable bonds is 1. The zero-order valence-corrected chi connectivity index (χ0v) is 13.7. The van der Waals surface area contributed by atoms with Crippen molar-refractivity contribution in [2.45, 2.75) is 18.7 Å². The van der Waals surface area contributed by atoms with Crippen molar-refractivity contribution in [3.8, 4) is 0 Å². The number of hydrogen-bond acceptors (Lipinski definition) is 3. The van der Waals surface area contributed by atoms with E-state index in [9.17, 15) is 9.59 Å². The van der Waals surface area contributed by atoms with Gasteiger partial charge in [0.1, 0.15) is 0 Å². The summed E-state index contributed by atoms with van der Waals surface area (Å²) in [7, 11) is 0. The van der Waals surface area contributed by atoms with Gasteiger partial charge in [-0.15, -0.1) is 11.8 Å². The van der Waals surface area contributed by atoms with E-state index in [1.165, 1.54) is 11.8 Å². The van der Waals surface area contributed by atoms with Crippen molar-refractivity contribution in [2.24, 2.45) is 0 Å². The summed E-state index contributed by atoms with van der Waals surface area (Å²) in [4.78, 5) is 26.1. The second kappa shape index (κ2) is 4.86. The van der Waals surface area contributed by atoms with E-state index < -0.39 is 4.87 Å². The van der Waals surface area contributed by atoms with E-state index in [0.717, 1.165) is 28.1 Å². The van der Waals surface area contributed by atoms with Crippen molar-refractivity contribution in [1.29, 1.82) is 0 Å². The van der Waals surface area contributed by atoms with Crippen LogP contribution in [0.15, 0.2) is 42.5 Å². The molecule has 4 nitrogen and oxygen atoms in total. The summed E-state index contributed by atoms with van der Waals surface area (Å²) >= 11 is 1.39. The van der Waals surface area contributed by atoms with Crippen LogP contribution in [0.1, 0.15) is 16.7 Å². The Morgan fingerprint density at radius 2 is 1.78 bits per heavy atom. The van der Waals surface area contributed by atoms with Crippen LogP contribution in [-0.2, 0) is 14.5 Å². The van der Waals surface area contributed by atoms with E-state index in [0.29, 0.717) is 5.75 Å². The lowest BCUT2D eigenvalue weighted by Gasteiger charge is -2.32. The van der Waals surface area contributed by atoms with Crippen molar-refractivity contribution >= 4 is 35.0 Å². The van der Waals surface area contributed by atoms with Crippen LogP contribution in [0.5, 0.6) is 0 Å². The number of nitrogens with one attached hydrogen (secondary N) is 1. The standard InChI is InChI=1S/C18H16N2O2S/c1-11-7-12(2)9-13(8-11)20-16(21)10-23-18(20)14-5-3-4-6-15(14)19-17(18)22/h3-9H,10H2,1-2H3,(H,19,22)/t18-/m1/s1. The zero-order valence-electron chi connectivity index (χ0n) is 12.9. The number of hydrogen-bond donors (Lipinski definition) is 1. The Morgan fingerprint density at radius 1 is 1.09 bits per heavy atom. The second-order valence-electron chi connectivity index (χ2n) is 6.01. The highest BCUT2D eigenvalue weighted by Gasteiger charge is 2.58. The monoisotopic (exact) mass is 324 g/mol. The molecular formula is C18H16N2O2S. The molecule has 0 aliphatic carbocycles. The average Bonchev–Trinajstić information content (AvgIpc) is 2.98. The number of carbonyl (C=O) groups excluding carboxylic acids is 2. The number of fused-ring (bicyclic) bond motifs is 2. The fourth-order valence-electron chi connectivity index (χ4n) is 3.46. The molecule has 2 amide bonds. The highest BCUT2D eigenvalue weighted by atomic mass is 32.2. The van der Waals surface area contributed by atoms with E-state index in [1.807, 2.05) is 50.2 Å². The average molecular weight is 324 g/mol. The number of nitrogens with zero attached hydrogens (tertiary/aromatic N) is 1. The molecule has 1 spiro atoms. The minimum absolute atomic E-state index is 0.0353. The lowest BCUT2D eigenvalue weighted by Crippen LogP contribution is -2.47. The molecule has 0 aromatic heterocycles. The van der Waals surface area contributed by atoms with E-state index in [4.69, 9.17) is 0 Å². The van der Waals surface area contributed by atoms with Crippen molar-refractivity contribution in [1.82, 2.24) is 0 Å². The van der Waals surface area contributed by atoms with Crippen LogP contribution < -0.4 is 10.2 Å². The molecule has 23 heavy (non-hydrogen) atoms. The normalized spacial score (nSPS) is 22.6. The van der Waals surface area contributed by atoms with Crippen molar-refractivity contribution in [3.05, 3.63) is 59.2 Å². The summed E-state index contributed by atoms with van der Waals surface area (Å²) < 4.78 is 0. The van der Waals surface area contributed by atoms with E-state index in [2.05, 4.69) is 11.4 Å². The van der Waals surface area contributed by atoms with Gasteiger partial charge in [0.25, 0.3) is 5.91 Å². The quantitative estimate of drug-likeness (QED) is 0.876. The van der Waals surface area contributed by atoms with Gasteiger partial charge in [-0.25, -0.2) is 0 Å². The molecule has 0 bridgehead atoms. The predicted octanol–water partition coefficient (Wildman–Crippen LogP) is 3.19. The fraction of sp³-hybridized carbons (Fsp3) is 0.222. The van der Waals surface area contributed by atoms with Gasteiger partial charge in [0.15, 0.2) is 0 Å². The van der Waals surface area contributed by atoms with Crippen molar-refractivity contribution < 1.29 is 9.59 Å². The molecule has 0 saturated carbocycles. The second-order valence-corrected chi connectivity index (χ2v) is 7.18. The van der Waals surface area contributed by atoms with Gasteiger partial charge in [0.05, 0.1) is 5.75 Å². The summed E-state index contributed by atoms with van der Waals surface area (Å²) in [5.41, 5.74) is 4.58. The Balaban J connectivity index is 1.95. The lowest BCUT2D eigenvalue weighted by atomic mass is 10.0. The third kappa shape index (κ3) is 1.93. The molecule has 5 heteroatoms. The van der Waals surface area contributed by atoms with Crippen LogP contribution in [0.4, 0.5) is 11.4 Å². The summed E-state index contributed by atoms with van der Waals surface area (Å²) in [5, 5.41) is 2.93. The molecule has 4 rings (SSSR count). The number of para-hydroxylation sites is 1. The smallest absolute Gasteiger partial charge is 0.266 e. The van der Waals surface area contributed by atoms with Crippen molar-refractivity contribution in [2.75, 3.05) is 16.0 Å². The third-order valence-electron chi connectivity index (χ3n) is 4.28. The molecule has 1 N–H and O–H groups in total. The van der Waals surface area contributed by atoms with Gasteiger partial charge in [-0.1, -0.05) is 24.3 Å². The van der Waals surface area contributed by atoms with E-state index >= 15 is 0 Å². The van der Waals surface area contributed by atoms with Crippen LogP contribution in [0.25, 0.3) is 0 Å². The van der Waals surface area contributed by atoms with E-state index in [-0.39, 0.29) is 11.8 Å². The third-order valence-corrected chi connectivity index (χ3v) is 5.68. The van der Waals surface area contributed by atoms with Gasteiger partial charge in [-0.2, -0.15) is 0 Å². The Morgan fingerprint density at radius 3 is 2.52 bits per heavy atom. The summed E-state index contributed by atoms with van der Waals surface area (Å²) in [6, 6.07) is 13.6. The maximum Gasteiger partial charge on any atom is 0.266 e. The van der Waals surface area contributed by atoms with Gasteiger partial charge in [-0.3, -0.25) is 14.5 Å². The first-order valence-electron chi connectivity index (χ1n) is 7.48. The number of aryl methyl sites for hydroxylation is 2. The molecule has 2 aliphatic heterocycles. The first-order chi connectivity index (χ1) is 11.0. The van der Waals surface area contributed by atoms with Gasteiger partial charge >= 0.3 is 0 Å². The van der Waals surface area contributed by atoms with E-state index in [1.54, 1.807) is 4.90 Å². The molecule has 2 aromatic rings. The zero-order chi connectivity index (χ0) is 16.2. The molecule has 2 aliphatic rings. The van der Waals surface area contributed by atoms with Gasteiger partial charge < -0.3 is 5.32 Å². The molecule has 2 heterocycles. The van der Waals surface area contributed by atoms with Crippen LogP contribution in [0.2, 0.25) is 0 Å². The van der Waals surface area contributed by atoms with Crippen LogP contribution >= 0.6 is 11.8 Å². The molecule has 1 fully saturated rings. The summed E-state index contributed by atoms with van der Waals surface area (Å²) in [6.45, 7) is 4.00. The highest BCUT2D eigenvalue weighted by molar-refractivity contribution is 8.02. The minimum Gasteiger partial charge on any atom is -0.323 e. The number of benzene rings is 2. The molecule has 1 atom stereocenters. The number of anilines is 2. The number of thioether (sulfide) groups is 1. The summed E-state index contributed by atoms with van der Waals surface area (Å²) in [6.07, 6.45) is 0. The Hall–Kier alpha value is -2.27. The molecule has 0 unspecified atom stereocenters. The van der Waals surface area contributed by atoms with Crippen LogP contribution in [0.3, 0.4) is 0 Å². The summed E-state index contributed by atoms with van der Waals surface area (Å²) in [5.74, 6) is 0.120. The Bertz CT molecular complexity index is 828. The number of amides is 2. The lowest BCUT2D eigenvalue weighted by molar-refractivity contribution is -0.122. The fourth-order valence-corrected chi connectivity index (χ4v) is 4.77. The Kier molecular flexibility index (Phi) is 3.03. The maximum atomic E-state index is 12.8. The van der Waals surface area contributed by atoms with Crippen LogP contribution in [0, 0.1) is 13.8 Å². The predicted molar refractivity (Wildman–Crippen MR) is 92.6 cm³/mol. The largest absolute Gasteiger partial charge is 0.323 e. The molecule has 2 aromatic carbocycles. The first-order valence-corrected chi connectivity index (χ1v) is 8.47. The molecule has 116 valence electrons. The molecule has 1 saturated heterocycles. The number of carbonyl (C=O) groups is 2. The maximum absolute atomic E-state index is 12.8. The molecule has 0 radical (unpaired) electrons.